The number of pyridine rings is 1. The topological polar surface area (TPSA) is 103 Å². The summed E-state index contributed by atoms with van der Waals surface area (Å²) in [6.07, 6.45) is 2.99. The van der Waals surface area contributed by atoms with Crippen molar-refractivity contribution in [2.45, 2.75) is 5.16 Å². The van der Waals surface area contributed by atoms with Crippen molar-refractivity contribution in [2.75, 3.05) is 11.6 Å². The van der Waals surface area contributed by atoms with E-state index < -0.39 is 10.8 Å². The zero-order chi connectivity index (χ0) is 18.1. The van der Waals surface area contributed by atoms with Gasteiger partial charge in [0, 0.05) is 13.1 Å². The van der Waals surface area contributed by atoms with E-state index in [0.29, 0.717) is 5.52 Å². The number of rotatable bonds is 4. The van der Waals surface area contributed by atoms with Crippen LogP contribution in [0.2, 0.25) is 5.02 Å². The molecule has 0 fully saturated rings. The van der Waals surface area contributed by atoms with Crippen molar-refractivity contribution in [1.82, 2.24) is 14.5 Å². The van der Waals surface area contributed by atoms with Gasteiger partial charge in [-0.3, -0.25) is 14.9 Å². The Labute approximate surface area is 151 Å². The number of hydrogen-bond acceptors (Lipinski definition) is 6. The Morgan fingerprint density at radius 3 is 2.76 bits per heavy atom. The number of aryl methyl sites for hydroxylation is 1. The summed E-state index contributed by atoms with van der Waals surface area (Å²) < 4.78 is 1.89. The molecular formula is C15H12ClN5O3S. The average molecular weight is 378 g/mol. The van der Waals surface area contributed by atoms with Crippen LogP contribution in [0, 0.1) is 10.1 Å². The molecule has 0 aliphatic carbocycles. The maximum absolute atomic E-state index is 12.4. The molecule has 8 nitrogen and oxygen atoms in total. The summed E-state index contributed by atoms with van der Waals surface area (Å²) in [4.78, 5) is 30.8. The van der Waals surface area contributed by atoms with Crippen molar-refractivity contribution in [3.8, 4) is 0 Å². The van der Waals surface area contributed by atoms with Crippen LogP contribution in [-0.4, -0.2) is 31.6 Å². The molecular weight excluding hydrogens is 366 g/mol. The van der Waals surface area contributed by atoms with Crippen LogP contribution < -0.4 is 5.32 Å². The molecule has 0 saturated heterocycles. The molecule has 1 amide bonds. The fraction of sp³-hybridized carbons (Fsp3) is 0.133. The van der Waals surface area contributed by atoms with Gasteiger partial charge in [-0.25, -0.2) is 9.97 Å². The second kappa shape index (κ2) is 6.69. The Morgan fingerprint density at radius 1 is 1.40 bits per heavy atom. The Bertz CT molecular complexity index is 987. The smallest absolute Gasteiger partial charge is 0.287 e. The first-order valence-electron chi connectivity index (χ1n) is 7.02. The molecule has 0 radical (unpaired) electrons. The third kappa shape index (κ3) is 3.28. The predicted octanol–water partition coefficient (Wildman–Crippen LogP) is 3.50. The molecule has 10 heteroatoms. The number of carbonyl (C=O) groups is 1. The van der Waals surface area contributed by atoms with Gasteiger partial charge < -0.3 is 9.88 Å². The molecule has 0 aliphatic heterocycles. The van der Waals surface area contributed by atoms with Crippen LogP contribution in [-0.2, 0) is 7.05 Å². The molecule has 2 heterocycles. The third-order valence-corrected chi connectivity index (χ3v) is 4.60. The van der Waals surface area contributed by atoms with Crippen LogP contribution in [0.15, 0.2) is 35.6 Å². The summed E-state index contributed by atoms with van der Waals surface area (Å²) in [6.45, 7) is 0. The van der Waals surface area contributed by atoms with Crippen molar-refractivity contribution < 1.29 is 9.72 Å². The molecule has 0 unspecified atom stereocenters. The minimum Gasteiger partial charge on any atom is -0.322 e. The molecule has 2 aromatic heterocycles. The lowest BCUT2D eigenvalue weighted by atomic mass is 10.2. The van der Waals surface area contributed by atoms with Crippen LogP contribution >= 0.6 is 23.4 Å². The number of hydrogen-bond donors (Lipinski definition) is 1. The van der Waals surface area contributed by atoms with E-state index in [0.717, 1.165) is 16.9 Å². The van der Waals surface area contributed by atoms with Crippen molar-refractivity contribution >= 4 is 51.8 Å². The van der Waals surface area contributed by atoms with Crippen molar-refractivity contribution in [3.63, 3.8) is 0 Å². The molecule has 0 saturated carbocycles. The number of benzene rings is 1. The highest BCUT2D eigenvalue weighted by Gasteiger charge is 2.16. The normalized spacial score (nSPS) is 10.8. The fourth-order valence-electron chi connectivity index (χ4n) is 2.30. The van der Waals surface area contributed by atoms with Crippen molar-refractivity contribution in [2.24, 2.45) is 7.05 Å². The molecule has 1 N–H and O–H groups in total. The van der Waals surface area contributed by atoms with Crippen LogP contribution in [0.1, 0.15) is 10.4 Å². The number of carbonyl (C=O) groups excluding carboxylic acids is 1. The Hall–Kier alpha value is -2.65. The summed E-state index contributed by atoms with van der Waals surface area (Å²) >= 11 is 7.73. The van der Waals surface area contributed by atoms with Gasteiger partial charge in [0.25, 0.3) is 11.6 Å². The first-order valence-corrected chi connectivity index (χ1v) is 8.62. The monoisotopic (exact) mass is 377 g/mol. The van der Waals surface area contributed by atoms with Gasteiger partial charge in [0.1, 0.15) is 12.0 Å². The first kappa shape index (κ1) is 17.2. The summed E-state index contributed by atoms with van der Waals surface area (Å²) in [5.41, 5.74) is 1.56. The van der Waals surface area contributed by atoms with Crippen LogP contribution in [0.5, 0.6) is 0 Å². The summed E-state index contributed by atoms with van der Waals surface area (Å²) in [5, 5.41) is 14.3. The van der Waals surface area contributed by atoms with E-state index in [1.54, 1.807) is 12.1 Å². The summed E-state index contributed by atoms with van der Waals surface area (Å²) in [6, 6.07) is 5.91. The number of nitro groups is 1. The van der Waals surface area contributed by atoms with E-state index in [9.17, 15) is 14.9 Å². The van der Waals surface area contributed by atoms with Gasteiger partial charge in [-0.2, -0.15) is 0 Å². The highest BCUT2D eigenvalue weighted by molar-refractivity contribution is 7.98. The molecule has 3 aromatic rings. The number of nitrogens with one attached hydrogen (secondary N) is 1. The minimum atomic E-state index is -0.562. The SMILES string of the molecule is CSc1nc2cc(C(=O)Nc3ccc([N+](=O)[O-])cn3)c(Cl)cc2n1C. The number of thioether (sulfide) groups is 1. The maximum Gasteiger partial charge on any atom is 0.287 e. The van der Waals surface area contributed by atoms with Crippen molar-refractivity contribution in [1.29, 1.82) is 0 Å². The Kier molecular flexibility index (Phi) is 4.60. The van der Waals surface area contributed by atoms with E-state index in [1.807, 2.05) is 17.9 Å². The van der Waals surface area contributed by atoms with Gasteiger partial charge in [0.2, 0.25) is 0 Å². The van der Waals surface area contributed by atoms with Crippen LogP contribution in [0.4, 0.5) is 11.5 Å². The van der Waals surface area contributed by atoms with Gasteiger partial charge >= 0.3 is 0 Å². The van der Waals surface area contributed by atoms with Gasteiger partial charge in [-0.15, -0.1) is 0 Å². The maximum atomic E-state index is 12.4. The second-order valence-corrected chi connectivity index (χ2v) is 6.27. The van der Waals surface area contributed by atoms with E-state index in [2.05, 4.69) is 15.3 Å². The zero-order valence-electron chi connectivity index (χ0n) is 13.2. The summed E-state index contributed by atoms with van der Waals surface area (Å²) in [7, 11) is 1.87. The largest absolute Gasteiger partial charge is 0.322 e. The van der Waals surface area contributed by atoms with Crippen LogP contribution in [0.25, 0.3) is 11.0 Å². The highest BCUT2D eigenvalue weighted by atomic mass is 35.5. The van der Waals surface area contributed by atoms with E-state index in [4.69, 9.17) is 11.6 Å². The number of halogens is 1. The standard InChI is InChI=1S/C15H12ClN5O3S/c1-20-12-6-10(16)9(5-11(12)18-15(20)25-2)14(22)19-13-4-3-8(7-17-13)21(23)24/h3-7H,1-2H3,(H,17,19,22). The molecule has 128 valence electrons. The highest BCUT2D eigenvalue weighted by Crippen LogP contribution is 2.27. The van der Waals surface area contributed by atoms with Crippen LogP contribution in [0.3, 0.4) is 0 Å². The zero-order valence-corrected chi connectivity index (χ0v) is 14.8. The number of anilines is 1. The number of aromatic nitrogens is 3. The van der Waals surface area contributed by atoms with E-state index >= 15 is 0 Å². The second-order valence-electron chi connectivity index (χ2n) is 5.09. The number of amides is 1. The molecule has 0 aliphatic rings. The van der Waals surface area contributed by atoms with Gasteiger partial charge in [0.15, 0.2) is 5.16 Å². The molecule has 3 rings (SSSR count). The lowest BCUT2D eigenvalue weighted by Gasteiger charge is -2.06. The third-order valence-electron chi connectivity index (χ3n) is 3.56. The lowest BCUT2D eigenvalue weighted by molar-refractivity contribution is -0.385. The van der Waals surface area contributed by atoms with E-state index in [1.165, 1.54) is 23.9 Å². The van der Waals surface area contributed by atoms with Gasteiger partial charge in [0.05, 0.1) is 26.5 Å². The quantitative estimate of drug-likeness (QED) is 0.424. The molecule has 1 aromatic carbocycles. The fourth-order valence-corrected chi connectivity index (χ4v) is 3.10. The minimum absolute atomic E-state index is 0.157. The Morgan fingerprint density at radius 2 is 2.16 bits per heavy atom. The van der Waals surface area contributed by atoms with Gasteiger partial charge in [-0.1, -0.05) is 23.4 Å². The number of fused-ring (bicyclic) bond motifs is 1. The lowest BCUT2D eigenvalue weighted by Crippen LogP contribution is -2.13. The molecule has 0 bridgehead atoms. The molecule has 0 spiro atoms. The van der Waals surface area contributed by atoms with E-state index in [-0.39, 0.29) is 22.1 Å². The first-order chi connectivity index (χ1) is 11.9. The number of imidazole rings is 1. The average Bonchev–Trinajstić information content (AvgIpc) is 2.90. The Balaban J connectivity index is 1.91. The molecule has 0 atom stereocenters. The molecule has 25 heavy (non-hydrogen) atoms. The van der Waals surface area contributed by atoms with Crippen molar-refractivity contribution in [3.05, 3.63) is 51.2 Å². The number of nitrogens with zero attached hydrogens (tertiary/aromatic N) is 4. The predicted molar refractivity (Wildman–Crippen MR) is 96.3 cm³/mol. The summed E-state index contributed by atoms with van der Waals surface area (Å²) in [5.74, 6) is -0.276. The van der Waals surface area contributed by atoms with Gasteiger partial charge in [-0.05, 0) is 24.5 Å².